The highest BCUT2D eigenvalue weighted by Gasteiger charge is 2.09. The summed E-state index contributed by atoms with van der Waals surface area (Å²) in [4.78, 5) is 4.31. The minimum Gasteiger partial charge on any atom is -0.477 e. The minimum atomic E-state index is 0.494. The molecule has 0 fully saturated rings. The van der Waals surface area contributed by atoms with Crippen molar-refractivity contribution in [2.24, 2.45) is 0 Å². The first-order chi connectivity index (χ1) is 9.19. The van der Waals surface area contributed by atoms with E-state index in [1.807, 2.05) is 19.9 Å². The lowest BCUT2D eigenvalue weighted by molar-refractivity contribution is 0.291. The summed E-state index contributed by atoms with van der Waals surface area (Å²) < 4.78 is 5.66. The normalized spacial score (nSPS) is 10.2. The second kappa shape index (κ2) is 8.53. The number of nitriles is 1. The standard InChI is InChI=1S/C16H24N2O/c1-4-5-6-7-8-9-10-19-16-15(12-17)13(2)11-14(3)18-16/h11H,4-10H2,1-3H3. The zero-order valence-corrected chi connectivity index (χ0v) is 12.3. The van der Waals surface area contributed by atoms with Gasteiger partial charge in [-0.2, -0.15) is 5.26 Å². The summed E-state index contributed by atoms with van der Waals surface area (Å²) in [7, 11) is 0. The number of hydrogen-bond donors (Lipinski definition) is 0. The Morgan fingerprint density at radius 2 is 1.84 bits per heavy atom. The topological polar surface area (TPSA) is 45.9 Å². The van der Waals surface area contributed by atoms with Crippen molar-refractivity contribution in [2.75, 3.05) is 6.61 Å². The molecule has 0 aromatic carbocycles. The molecule has 0 amide bonds. The molecular weight excluding hydrogens is 236 g/mol. The summed E-state index contributed by atoms with van der Waals surface area (Å²) >= 11 is 0. The molecule has 0 bridgehead atoms. The van der Waals surface area contributed by atoms with Gasteiger partial charge in [-0.3, -0.25) is 0 Å². The molecular formula is C16H24N2O. The van der Waals surface area contributed by atoms with E-state index in [2.05, 4.69) is 18.0 Å². The van der Waals surface area contributed by atoms with Gasteiger partial charge in [0.1, 0.15) is 11.6 Å². The van der Waals surface area contributed by atoms with Gasteiger partial charge in [0.05, 0.1) is 6.61 Å². The fourth-order valence-electron chi connectivity index (χ4n) is 2.09. The van der Waals surface area contributed by atoms with Gasteiger partial charge in [0.15, 0.2) is 0 Å². The Morgan fingerprint density at radius 3 is 2.53 bits per heavy atom. The fourth-order valence-corrected chi connectivity index (χ4v) is 2.09. The Hall–Kier alpha value is -1.56. The fraction of sp³-hybridized carbons (Fsp3) is 0.625. The van der Waals surface area contributed by atoms with Gasteiger partial charge in [0, 0.05) is 5.69 Å². The molecule has 1 aromatic rings. The van der Waals surface area contributed by atoms with Crippen LogP contribution in [0.15, 0.2) is 6.07 Å². The molecule has 0 unspecified atom stereocenters. The van der Waals surface area contributed by atoms with Crippen molar-refractivity contribution >= 4 is 0 Å². The third-order valence-electron chi connectivity index (χ3n) is 3.16. The van der Waals surface area contributed by atoms with Crippen molar-refractivity contribution in [1.29, 1.82) is 5.26 Å². The highest BCUT2D eigenvalue weighted by Crippen LogP contribution is 2.20. The first kappa shape index (κ1) is 15.5. The third-order valence-corrected chi connectivity index (χ3v) is 3.16. The molecule has 1 rings (SSSR count). The molecule has 0 atom stereocenters. The van der Waals surface area contributed by atoms with Gasteiger partial charge in [-0.25, -0.2) is 4.98 Å². The van der Waals surface area contributed by atoms with E-state index in [0.717, 1.165) is 17.7 Å². The first-order valence-electron chi connectivity index (χ1n) is 7.20. The van der Waals surface area contributed by atoms with Crippen molar-refractivity contribution in [2.45, 2.75) is 59.3 Å². The first-order valence-corrected chi connectivity index (χ1v) is 7.20. The van der Waals surface area contributed by atoms with E-state index in [1.54, 1.807) is 0 Å². The predicted octanol–water partition coefficient (Wildman–Crippen LogP) is 4.31. The van der Waals surface area contributed by atoms with E-state index in [4.69, 9.17) is 10.00 Å². The molecule has 1 aromatic heterocycles. The maximum Gasteiger partial charge on any atom is 0.232 e. The van der Waals surface area contributed by atoms with Crippen LogP contribution in [-0.2, 0) is 0 Å². The highest BCUT2D eigenvalue weighted by molar-refractivity contribution is 5.45. The molecule has 104 valence electrons. The Labute approximate surface area is 116 Å². The molecule has 0 aliphatic carbocycles. The number of hydrogen-bond acceptors (Lipinski definition) is 3. The molecule has 19 heavy (non-hydrogen) atoms. The van der Waals surface area contributed by atoms with Gasteiger partial charge >= 0.3 is 0 Å². The Bertz CT molecular complexity index is 435. The Balaban J connectivity index is 2.39. The van der Waals surface area contributed by atoms with Gasteiger partial charge in [-0.05, 0) is 31.9 Å². The lowest BCUT2D eigenvalue weighted by Gasteiger charge is -2.09. The zero-order valence-electron chi connectivity index (χ0n) is 12.3. The lowest BCUT2D eigenvalue weighted by Crippen LogP contribution is -2.03. The van der Waals surface area contributed by atoms with Crippen molar-refractivity contribution < 1.29 is 4.74 Å². The molecule has 0 N–H and O–H groups in total. The van der Waals surface area contributed by atoms with E-state index in [0.29, 0.717) is 18.1 Å². The minimum absolute atomic E-state index is 0.494. The number of aryl methyl sites for hydroxylation is 2. The van der Waals surface area contributed by atoms with Crippen LogP contribution in [0.3, 0.4) is 0 Å². The number of rotatable bonds is 8. The average molecular weight is 260 g/mol. The maximum atomic E-state index is 9.12. The summed E-state index contributed by atoms with van der Waals surface area (Å²) in [5, 5.41) is 9.12. The molecule has 0 aliphatic heterocycles. The van der Waals surface area contributed by atoms with Gasteiger partial charge < -0.3 is 4.74 Å². The van der Waals surface area contributed by atoms with Crippen molar-refractivity contribution in [3.05, 3.63) is 22.9 Å². The van der Waals surface area contributed by atoms with Crippen LogP contribution in [0.25, 0.3) is 0 Å². The molecule has 0 radical (unpaired) electrons. The predicted molar refractivity (Wildman–Crippen MR) is 77.3 cm³/mol. The molecule has 0 saturated carbocycles. The maximum absolute atomic E-state index is 9.12. The number of ether oxygens (including phenoxy) is 1. The van der Waals surface area contributed by atoms with Crippen LogP contribution in [0.1, 0.15) is 62.3 Å². The van der Waals surface area contributed by atoms with E-state index < -0.39 is 0 Å². The number of pyridine rings is 1. The smallest absolute Gasteiger partial charge is 0.232 e. The van der Waals surface area contributed by atoms with E-state index in [1.165, 1.54) is 32.1 Å². The number of unbranched alkanes of at least 4 members (excludes halogenated alkanes) is 5. The van der Waals surface area contributed by atoms with Crippen LogP contribution in [0.4, 0.5) is 0 Å². The Morgan fingerprint density at radius 1 is 1.16 bits per heavy atom. The molecule has 0 aliphatic rings. The van der Waals surface area contributed by atoms with Crippen molar-refractivity contribution in [3.63, 3.8) is 0 Å². The molecule has 0 saturated heterocycles. The van der Waals surface area contributed by atoms with E-state index >= 15 is 0 Å². The van der Waals surface area contributed by atoms with E-state index in [-0.39, 0.29) is 0 Å². The van der Waals surface area contributed by atoms with Crippen molar-refractivity contribution in [3.8, 4) is 11.9 Å². The van der Waals surface area contributed by atoms with E-state index in [9.17, 15) is 0 Å². The van der Waals surface area contributed by atoms with Crippen molar-refractivity contribution in [1.82, 2.24) is 4.98 Å². The zero-order chi connectivity index (χ0) is 14.1. The summed E-state index contributed by atoms with van der Waals surface area (Å²) in [6, 6.07) is 4.09. The van der Waals surface area contributed by atoms with Gasteiger partial charge in [-0.15, -0.1) is 0 Å². The SMILES string of the molecule is CCCCCCCCOc1nc(C)cc(C)c1C#N. The summed E-state index contributed by atoms with van der Waals surface area (Å²) in [6.07, 6.45) is 7.38. The van der Waals surface area contributed by atoms with Crippen LogP contribution < -0.4 is 4.74 Å². The summed E-state index contributed by atoms with van der Waals surface area (Å²) in [5.41, 5.74) is 2.40. The lowest BCUT2D eigenvalue weighted by atomic mass is 10.1. The number of nitrogens with zero attached hydrogens (tertiary/aromatic N) is 2. The number of aromatic nitrogens is 1. The van der Waals surface area contributed by atoms with Gasteiger partial charge in [-0.1, -0.05) is 39.0 Å². The summed E-state index contributed by atoms with van der Waals surface area (Å²) in [5.74, 6) is 0.494. The van der Waals surface area contributed by atoms with Crippen LogP contribution in [0, 0.1) is 25.2 Å². The Kier molecular flexibility index (Phi) is 6.95. The third kappa shape index (κ3) is 5.30. The van der Waals surface area contributed by atoms with Gasteiger partial charge in [0.25, 0.3) is 0 Å². The second-order valence-corrected chi connectivity index (χ2v) is 4.99. The van der Waals surface area contributed by atoms with Crippen LogP contribution in [0.2, 0.25) is 0 Å². The summed E-state index contributed by atoms with van der Waals surface area (Å²) in [6.45, 7) is 6.71. The monoisotopic (exact) mass is 260 g/mol. The average Bonchev–Trinajstić information content (AvgIpc) is 2.37. The molecule has 1 heterocycles. The molecule has 3 nitrogen and oxygen atoms in total. The van der Waals surface area contributed by atoms with Gasteiger partial charge in [0.2, 0.25) is 5.88 Å². The second-order valence-electron chi connectivity index (χ2n) is 4.99. The molecule has 0 spiro atoms. The highest BCUT2D eigenvalue weighted by atomic mass is 16.5. The quantitative estimate of drug-likeness (QED) is 0.654. The van der Waals surface area contributed by atoms with Crippen LogP contribution >= 0.6 is 0 Å². The molecule has 3 heteroatoms. The largest absolute Gasteiger partial charge is 0.477 e. The van der Waals surface area contributed by atoms with Crippen LogP contribution in [0.5, 0.6) is 5.88 Å². The van der Waals surface area contributed by atoms with Crippen LogP contribution in [-0.4, -0.2) is 11.6 Å².